The number of nitrogen functional groups attached to an aromatic ring is 2. The van der Waals surface area contributed by atoms with Crippen molar-refractivity contribution in [2.24, 2.45) is 5.92 Å². The normalized spacial score (nSPS) is 13.1. The summed E-state index contributed by atoms with van der Waals surface area (Å²) in [5, 5.41) is 0. The maximum absolute atomic E-state index is 6.11. The molecule has 0 aliphatic rings. The van der Waals surface area contributed by atoms with Crippen LogP contribution >= 0.6 is 0 Å². The van der Waals surface area contributed by atoms with Crippen molar-refractivity contribution < 1.29 is 0 Å². The van der Waals surface area contributed by atoms with Crippen molar-refractivity contribution in [3.63, 3.8) is 0 Å². The van der Waals surface area contributed by atoms with Crippen molar-refractivity contribution in [3.8, 4) is 0 Å². The number of anilines is 2. The average molecular weight is 757 g/mol. The lowest BCUT2D eigenvalue weighted by Crippen LogP contribution is -2.10. The molecule has 0 radical (unpaired) electrons. The van der Waals surface area contributed by atoms with Gasteiger partial charge in [0.05, 0.1) is 0 Å². The lowest BCUT2D eigenvalue weighted by molar-refractivity contribution is 0.444. The lowest BCUT2D eigenvalue weighted by Gasteiger charge is -2.21. The van der Waals surface area contributed by atoms with E-state index in [1.165, 1.54) is 175 Å². The van der Waals surface area contributed by atoms with Crippen LogP contribution in [0.2, 0.25) is 0 Å². The third-order valence-electron chi connectivity index (χ3n) is 12.4. The van der Waals surface area contributed by atoms with Gasteiger partial charge in [0.15, 0.2) is 0 Å². The van der Waals surface area contributed by atoms with Gasteiger partial charge in [-0.05, 0) is 95.7 Å². The van der Waals surface area contributed by atoms with Crippen LogP contribution < -0.4 is 11.5 Å². The van der Waals surface area contributed by atoms with Crippen molar-refractivity contribution >= 4 is 11.4 Å². The predicted octanol–water partition coefficient (Wildman–Crippen LogP) is 16.2. The monoisotopic (exact) mass is 757 g/mol. The van der Waals surface area contributed by atoms with Crippen molar-refractivity contribution in [3.05, 3.63) is 130 Å². The Labute approximate surface area is 344 Å². The quantitative estimate of drug-likeness (QED) is 0.0411. The molecule has 0 saturated carbocycles. The van der Waals surface area contributed by atoms with Gasteiger partial charge < -0.3 is 11.5 Å². The largest absolute Gasteiger partial charge is 0.399 e. The van der Waals surface area contributed by atoms with Crippen LogP contribution in [-0.2, 0) is 12.8 Å². The summed E-state index contributed by atoms with van der Waals surface area (Å²) in [6.07, 6.45) is 31.5. The van der Waals surface area contributed by atoms with Gasteiger partial charge in [-0.2, -0.15) is 0 Å². The van der Waals surface area contributed by atoms with Crippen LogP contribution in [0.15, 0.2) is 97.1 Å². The molecule has 4 aromatic carbocycles. The van der Waals surface area contributed by atoms with Crippen LogP contribution in [0.3, 0.4) is 0 Å². The lowest BCUT2D eigenvalue weighted by atomic mass is 9.83. The molecule has 0 heterocycles. The molecule has 0 spiro atoms. The highest BCUT2D eigenvalue weighted by molar-refractivity contribution is 5.44. The first-order valence-electron chi connectivity index (χ1n) is 23.4. The summed E-state index contributed by atoms with van der Waals surface area (Å²) in [5.74, 6) is 1.50. The summed E-state index contributed by atoms with van der Waals surface area (Å²) in [6, 6.07) is 36.8. The fraction of sp³-hybridized carbons (Fsp3) is 0.556. The minimum Gasteiger partial charge on any atom is -0.399 e. The van der Waals surface area contributed by atoms with Crippen LogP contribution in [0, 0.1) is 5.92 Å². The van der Waals surface area contributed by atoms with E-state index in [0.717, 1.165) is 24.2 Å². The Balaban J connectivity index is 1.45. The number of nitrogens with two attached hydrogens (primary N) is 2. The van der Waals surface area contributed by atoms with E-state index in [0.29, 0.717) is 17.8 Å². The SMILES string of the molecule is CCCCCCCCCC(Cc1ccc(C(CCCCCCCC)c2ccc(N)cc2)cc1)Cc1ccc(C(CCCCCCCC)c2ccc(N)cc2)cc1. The number of benzene rings is 4. The summed E-state index contributed by atoms with van der Waals surface area (Å²) in [5.41, 5.74) is 22.6. The highest BCUT2D eigenvalue weighted by atomic mass is 14.5. The fourth-order valence-corrected chi connectivity index (χ4v) is 8.87. The molecular formula is C54H80N2. The highest BCUT2D eigenvalue weighted by Crippen LogP contribution is 2.34. The Bertz CT molecular complexity index is 1430. The minimum absolute atomic E-state index is 0.427. The first kappa shape index (κ1) is 45.2. The maximum Gasteiger partial charge on any atom is 0.0314 e. The molecule has 2 unspecified atom stereocenters. The molecule has 0 saturated heterocycles. The van der Waals surface area contributed by atoms with Gasteiger partial charge in [0, 0.05) is 23.2 Å². The first-order valence-corrected chi connectivity index (χ1v) is 23.4. The predicted molar refractivity (Wildman–Crippen MR) is 248 cm³/mol. The second-order valence-electron chi connectivity index (χ2n) is 17.2. The summed E-state index contributed by atoms with van der Waals surface area (Å²) in [4.78, 5) is 0. The van der Waals surface area contributed by atoms with Gasteiger partial charge in [-0.15, -0.1) is 0 Å². The third kappa shape index (κ3) is 16.9. The van der Waals surface area contributed by atoms with Crippen LogP contribution in [0.5, 0.6) is 0 Å². The molecule has 4 aromatic rings. The number of hydrogen-bond donors (Lipinski definition) is 2. The maximum atomic E-state index is 6.11. The molecule has 2 nitrogen and oxygen atoms in total. The van der Waals surface area contributed by atoms with Crippen LogP contribution in [0.4, 0.5) is 11.4 Å². The molecule has 306 valence electrons. The molecular weight excluding hydrogens is 677 g/mol. The number of hydrogen-bond acceptors (Lipinski definition) is 2. The van der Waals surface area contributed by atoms with E-state index in [-0.39, 0.29) is 0 Å². The standard InChI is InChI=1S/C54H80N2/c1-4-7-10-13-16-17-20-23-46(42-44-26-30-47(31-27-44)53(24-21-18-14-11-8-5-2)49-34-38-51(55)39-35-49)43-45-28-32-48(33-29-45)54(25-22-19-15-12-9-6-3)50-36-40-52(56)41-37-50/h26-41,46,53-54H,4-25,42-43,55-56H2,1-3H3. The van der Waals surface area contributed by atoms with Crippen molar-refractivity contribution in [1.82, 2.24) is 0 Å². The second kappa shape index (κ2) is 27.2. The molecule has 0 fully saturated rings. The second-order valence-corrected chi connectivity index (χ2v) is 17.2. The van der Waals surface area contributed by atoms with Crippen molar-refractivity contribution in [2.75, 3.05) is 11.5 Å². The van der Waals surface area contributed by atoms with Gasteiger partial charge in [-0.25, -0.2) is 0 Å². The molecule has 2 atom stereocenters. The van der Waals surface area contributed by atoms with E-state index >= 15 is 0 Å². The highest BCUT2D eigenvalue weighted by Gasteiger charge is 2.18. The van der Waals surface area contributed by atoms with E-state index < -0.39 is 0 Å². The topological polar surface area (TPSA) is 52.0 Å². The van der Waals surface area contributed by atoms with Crippen LogP contribution in [-0.4, -0.2) is 0 Å². The van der Waals surface area contributed by atoms with E-state index in [4.69, 9.17) is 11.5 Å². The minimum atomic E-state index is 0.427. The molecule has 56 heavy (non-hydrogen) atoms. The van der Waals surface area contributed by atoms with Gasteiger partial charge in [0.1, 0.15) is 0 Å². The molecule has 0 aliphatic carbocycles. The van der Waals surface area contributed by atoms with Crippen LogP contribution in [0.1, 0.15) is 207 Å². The van der Waals surface area contributed by atoms with Gasteiger partial charge in [-0.3, -0.25) is 0 Å². The van der Waals surface area contributed by atoms with E-state index in [9.17, 15) is 0 Å². The zero-order valence-electron chi connectivity index (χ0n) is 36.1. The smallest absolute Gasteiger partial charge is 0.0314 e. The Morgan fingerprint density at radius 1 is 0.321 bits per heavy atom. The average Bonchev–Trinajstić information content (AvgIpc) is 3.22. The summed E-state index contributed by atoms with van der Waals surface area (Å²) < 4.78 is 0. The van der Waals surface area contributed by atoms with Gasteiger partial charge in [0.2, 0.25) is 0 Å². The number of rotatable bonds is 30. The molecule has 0 bridgehead atoms. The zero-order valence-corrected chi connectivity index (χ0v) is 36.1. The summed E-state index contributed by atoms with van der Waals surface area (Å²) >= 11 is 0. The fourth-order valence-electron chi connectivity index (χ4n) is 8.87. The third-order valence-corrected chi connectivity index (χ3v) is 12.4. The molecule has 0 aliphatic heterocycles. The Hall–Kier alpha value is -3.52. The summed E-state index contributed by atoms with van der Waals surface area (Å²) in [7, 11) is 0. The van der Waals surface area contributed by atoms with E-state index in [1.54, 1.807) is 0 Å². The Morgan fingerprint density at radius 3 is 0.911 bits per heavy atom. The molecule has 2 heteroatoms. The molecule has 0 amide bonds. The van der Waals surface area contributed by atoms with Gasteiger partial charge in [-0.1, -0.05) is 216 Å². The number of unbranched alkanes of at least 4 members (excludes halogenated alkanes) is 16. The van der Waals surface area contributed by atoms with Gasteiger partial charge >= 0.3 is 0 Å². The zero-order chi connectivity index (χ0) is 39.6. The van der Waals surface area contributed by atoms with Crippen molar-refractivity contribution in [1.29, 1.82) is 0 Å². The Kier molecular flexibility index (Phi) is 21.9. The molecule has 4 N–H and O–H groups in total. The molecule has 4 rings (SSSR count). The van der Waals surface area contributed by atoms with Gasteiger partial charge in [0.25, 0.3) is 0 Å². The van der Waals surface area contributed by atoms with Crippen molar-refractivity contribution in [2.45, 2.75) is 187 Å². The van der Waals surface area contributed by atoms with Crippen LogP contribution in [0.25, 0.3) is 0 Å². The first-order chi connectivity index (χ1) is 27.5. The van der Waals surface area contributed by atoms with E-state index in [2.05, 4.69) is 118 Å². The Morgan fingerprint density at radius 2 is 0.589 bits per heavy atom. The summed E-state index contributed by atoms with van der Waals surface area (Å²) in [6.45, 7) is 6.91. The molecule has 0 aromatic heterocycles. The van der Waals surface area contributed by atoms with E-state index in [1.807, 2.05) is 0 Å².